The van der Waals surface area contributed by atoms with E-state index >= 15 is 0 Å². The SMILES string of the molecule is CCN=C1S/C(=C/c2ccccc2OCc2ccccc2)C(=O)N1CC. The third-order valence-electron chi connectivity index (χ3n) is 3.94. The van der Waals surface area contributed by atoms with E-state index in [4.69, 9.17) is 4.74 Å². The molecule has 0 unspecified atom stereocenters. The Kier molecular flexibility index (Phi) is 6.12. The summed E-state index contributed by atoms with van der Waals surface area (Å²) in [6, 6.07) is 17.8. The molecule has 2 aromatic rings. The number of benzene rings is 2. The van der Waals surface area contributed by atoms with Crippen molar-refractivity contribution in [3.8, 4) is 5.75 Å². The van der Waals surface area contributed by atoms with Gasteiger partial charge in [0.2, 0.25) is 0 Å². The van der Waals surface area contributed by atoms with Crippen molar-refractivity contribution < 1.29 is 9.53 Å². The van der Waals surface area contributed by atoms with Crippen LogP contribution in [0.15, 0.2) is 64.5 Å². The van der Waals surface area contributed by atoms with E-state index in [9.17, 15) is 4.79 Å². The molecule has 1 aliphatic heterocycles. The fraction of sp³-hybridized carbons (Fsp3) is 0.238. The minimum Gasteiger partial charge on any atom is -0.488 e. The number of hydrogen-bond acceptors (Lipinski definition) is 4. The zero-order valence-electron chi connectivity index (χ0n) is 15.0. The van der Waals surface area contributed by atoms with Gasteiger partial charge in [0, 0.05) is 18.7 Å². The number of thioether (sulfide) groups is 1. The predicted molar refractivity (Wildman–Crippen MR) is 108 cm³/mol. The normalized spacial score (nSPS) is 17.3. The molecule has 0 saturated carbocycles. The molecular formula is C21H22N2O2S. The summed E-state index contributed by atoms with van der Waals surface area (Å²) in [6.07, 6.45) is 1.90. The topological polar surface area (TPSA) is 41.9 Å². The third kappa shape index (κ3) is 4.17. The molecule has 0 spiro atoms. The van der Waals surface area contributed by atoms with Gasteiger partial charge in [0.05, 0.1) is 4.91 Å². The Morgan fingerprint density at radius 2 is 1.81 bits per heavy atom. The van der Waals surface area contributed by atoms with Crippen molar-refractivity contribution in [2.24, 2.45) is 4.99 Å². The number of para-hydroxylation sites is 1. The highest BCUT2D eigenvalue weighted by atomic mass is 32.2. The Hall–Kier alpha value is -2.53. The number of nitrogens with zero attached hydrogens (tertiary/aromatic N) is 2. The van der Waals surface area contributed by atoms with Crippen molar-refractivity contribution in [3.05, 3.63) is 70.6 Å². The molecule has 2 aromatic carbocycles. The Labute approximate surface area is 158 Å². The Morgan fingerprint density at radius 1 is 1.08 bits per heavy atom. The summed E-state index contributed by atoms with van der Waals surface area (Å²) in [4.78, 5) is 19.5. The summed E-state index contributed by atoms with van der Waals surface area (Å²) in [6.45, 7) is 5.71. The number of carbonyl (C=O) groups is 1. The second kappa shape index (κ2) is 8.72. The maximum absolute atomic E-state index is 12.6. The molecule has 1 fully saturated rings. The van der Waals surface area contributed by atoms with Crippen molar-refractivity contribution in [3.63, 3.8) is 0 Å². The number of ether oxygens (including phenoxy) is 1. The molecule has 5 heteroatoms. The van der Waals surface area contributed by atoms with Crippen molar-refractivity contribution in [1.29, 1.82) is 0 Å². The van der Waals surface area contributed by atoms with Crippen LogP contribution in [0.2, 0.25) is 0 Å². The lowest BCUT2D eigenvalue weighted by atomic mass is 10.1. The number of rotatable bonds is 6. The maximum atomic E-state index is 12.6. The minimum absolute atomic E-state index is 0.00237. The maximum Gasteiger partial charge on any atom is 0.266 e. The van der Waals surface area contributed by atoms with E-state index in [-0.39, 0.29) is 5.91 Å². The first-order valence-corrected chi connectivity index (χ1v) is 9.56. The Balaban J connectivity index is 1.82. The second-order valence-corrected chi connectivity index (χ2v) is 6.74. The van der Waals surface area contributed by atoms with Gasteiger partial charge < -0.3 is 4.74 Å². The second-order valence-electron chi connectivity index (χ2n) is 5.73. The first kappa shape index (κ1) is 18.3. The van der Waals surface area contributed by atoms with E-state index in [1.165, 1.54) is 11.8 Å². The number of aliphatic imine (C=N–C) groups is 1. The van der Waals surface area contributed by atoms with Crippen LogP contribution < -0.4 is 4.74 Å². The van der Waals surface area contributed by atoms with E-state index < -0.39 is 0 Å². The van der Waals surface area contributed by atoms with Gasteiger partial charge in [-0.15, -0.1) is 0 Å². The summed E-state index contributed by atoms with van der Waals surface area (Å²) in [5.41, 5.74) is 2.00. The van der Waals surface area contributed by atoms with Crippen molar-refractivity contribution in [2.45, 2.75) is 20.5 Å². The lowest BCUT2D eigenvalue weighted by molar-refractivity contribution is -0.122. The van der Waals surface area contributed by atoms with E-state index in [1.54, 1.807) is 4.90 Å². The lowest BCUT2D eigenvalue weighted by Gasteiger charge is -2.11. The van der Waals surface area contributed by atoms with Gasteiger partial charge in [0.25, 0.3) is 5.91 Å². The van der Waals surface area contributed by atoms with Crippen molar-refractivity contribution in [1.82, 2.24) is 4.90 Å². The monoisotopic (exact) mass is 366 g/mol. The molecule has 134 valence electrons. The zero-order chi connectivity index (χ0) is 18.4. The molecule has 0 aromatic heterocycles. The summed E-state index contributed by atoms with van der Waals surface area (Å²) in [5.74, 6) is 0.767. The molecule has 1 heterocycles. The Bertz CT molecular complexity index is 831. The zero-order valence-corrected chi connectivity index (χ0v) is 15.8. The highest BCUT2D eigenvalue weighted by Gasteiger charge is 2.31. The van der Waals surface area contributed by atoms with Crippen LogP contribution in [-0.4, -0.2) is 29.1 Å². The van der Waals surface area contributed by atoms with E-state index in [2.05, 4.69) is 4.99 Å². The van der Waals surface area contributed by atoms with Gasteiger partial charge in [0.1, 0.15) is 12.4 Å². The van der Waals surface area contributed by atoms with Crippen LogP contribution in [0.3, 0.4) is 0 Å². The molecule has 0 bridgehead atoms. The average molecular weight is 366 g/mol. The number of likely N-dealkylation sites (N-methyl/N-ethyl adjacent to an activating group) is 1. The van der Waals surface area contributed by atoms with Crippen LogP contribution in [0.4, 0.5) is 0 Å². The van der Waals surface area contributed by atoms with Gasteiger partial charge in [-0.05, 0) is 43.3 Å². The van der Waals surface area contributed by atoms with Crippen LogP contribution in [0.1, 0.15) is 25.0 Å². The van der Waals surface area contributed by atoms with Crippen LogP contribution in [0.25, 0.3) is 6.08 Å². The first-order chi connectivity index (χ1) is 12.7. The van der Waals surface area contributed by atoms with Crippen LogP contribution in [0.5, 0.6) is 5.75 Å². The fourth-order valence-corrected chi connectivity index (χ4v) is 3.74. The van der Waals surface area contributed by atoms with Crippen LogP contribution in [0, 0.1) is 0 Å². The van der Waals surface area contributed by atoms with Crippen molar-refractivity contribution >= 4 is 28.9 Å². The number of amidine groups is 1. The molecule has 1 aliphatic rings. The van der Waals surface area contributed by atoms with Crippen LogP contribution in [-0.2, 0) is 11.4 Å². The number of amides is 1. The van der Waals surface area contributed by atoms with Crippen molar-refractivity contribution in [2.75, 3.05) is 13.1 Å². The molecule has 4 nitrogen and oxygen atoms in total. The number of carbonyl (C=O) groups excluding carboxylic acids is 1. The average Bonchev–Trinajstić information content (AvgIpc) is 2.96. The fourth-order valence-electron chi connectivity index (χ4n) is 2.65. The predicted octanol–water partition coefficient (Wildman–Crippen LogP) is 4.58. The minimum atomic E-state index is 0.00237. The lowest BCUT2D eigenvalue weighted by Crippen LogP contribution is -2.28. The summed E-state index contributed by atoms with van der Waals surface area (Å²) >= 11 is 1.43. The van der Waals surface area contributed by atoms with Gasteiger partial charge in [-0.2, -0.15) is 0 Å². The van der Waals surface area contributed by atoms with E-state index in [0.29, 0.717) is 24.6 Å². The molecule has 0 radical (unpaired) electrons. The quantitative estimate of drug-likeness (QED) is 0.703. The smallest absolute Gasteiger partial charge is 0.266 e. The van der Waals surface area contributed by atoms with Gasteiger partial charge in [-0.25, -0.2) is 0 Å². The molecular weight excluding hydrogens is 344 g/mol. The standard InChI is InChI=1S/C21H22N2O2S/c1-3-22-21-23(4-2)20(24)19(26-21)14-17-12-8-9-13-18(17)25-15-16-10-6-5-7-11-16/h5-14H,3-4,15H2,1-2H3/b19-14+,22-21?. The molecule has 26 heavy (non-hydrogen) atoms. The number of hydrogen-bond donors (Lipinski definition) is 0. The molecule has 1 amide bonds. The van der Waals surface area contributed by atoms with E-state index in [0.717, 1.165) is 22.0 Å². The molecule has 0 aliphatic carbocycles. The summed E-state index contributed by atoms with van der Waals surface area (Å²) in [7, 11) is 0. The molecule has 0 atom stereocenters. The van der Waals surface area contributed by atoms with Gasteiger partial charge in [-0.3, -0.25) is 14.7 Å². The highest BCUT2D eigenvalue weighted by Crippen LogP contribution is 2.34. The van der Waals surface area contributed by atoms with Gasteiger partial charge in [0.15, 0.2) is 5.17 Å². The molecule has 1 saturated heterocycles. The molecule has 3 rings (SSSR count). The van der Waals surface area contributed by atoms with Gasteiger partial charge in [-0.1, -0.05) is 48.5 Å². The largest absolute Gasteiger partial charge is 0.488 e. The van der Waals surface area contributed by atoms with Crippen LogP contribution >= 0.6 is 11.8 Å². The summed E-state index contributed by atoms with van der Waals surface area (Å²) < 4.78 is 5.99. The van der Waals surface area contributed by atoms with Gasteiger partial charge >= 0.3 is 0 Å². The first-order valence-electron chi connectivity index (χ1n) is 8.74. The molecule has 0 N–H and O–H groups in total. The highest BCUT2D eigenvalue weighted by molar-refractivity contribution is 8.18. The Morgan fingerprint density at radius 3 is 2.54 bits per heavy atom. The third-order valence-corrected chi connectivity index (χ3v) is 4.98. The summed E-state index contributed by atoms with van der Waals surface area (Å²) in [5, 5.41) is 0.772. The van der Waals surface area contributed by atoms with E-state index in [1.807, 2.05) is 74.5 Å².